The number of thioether (sulfide) groups is 1. The number of rotatable bonds is 4. The van der Waals surface area contributed by atoms with Crippen LogP contribution in [0.4, 0.5) is 0 Å². The maximum Gasteiger partial charge on any atom is 0.197 e. The minimum absolute atomic E-state index is 0.486. The number of pyridine rings is 1. The minimum Gasteiger partial charge on any atom is -0.264 e. The molecule has 3 aromatic heterocycles. The zero-order valence-corrected chi connectivity index (χ0v) is 15.9. The molecular weight excluding hydrogens is 354 g/mol. The first-order valence-corrected chi connectivity index (χ1v) is 10.5. The van der Waals surface area contributed by atoms with E-state index in [2.05, 4.69) is 37.8 Å². The van der Waals surface area contributed by atoms with E-state index >= 15 is 0 Å². The molecule has 1 fully saturated rings. The number of fused-ring (bicyclic) bond motifs is 3. The van der Waals surface area contributed by atoms with Crippen molar-refractivity contribution in [1.29, 1.82) is 0 Å². The molecule has 5 rings (SSSR count). The van der Waals surface area contributed by atoms with Crippen LogP contribution in [0, 0.1) is 0 Å². The van der Waals surface area contributed by atoms with Crippen molar-refractivity contribution in [2.45, 2.75) is 48.9 Å². The van der Waals surface area contributed by atoms with Gasteiger partial charge >= 0.3 is 0 Å². The lowest BCUT2D eigenvalue weighted by Crippen LogP contribution is -2.12. The summed E-state index contributed by atoms with van der Waals surface area (Å²) >= 11 is 1.71. The van der Waals surface area contributed by atoms with Crippen LogP contribution < -0.4 is 0 Å². The highest BCUT2D eigenvalue weighted by Crippen LogP contribution is 2.35. The second-order valence-corrected chi connectivity index (χ2v) is 8.06. The fraction of sp³-hybridized carbons (Fsp3) is 0.333. The van der Waals surface area contributed by atoms with E-state index in [0.717, 1.165) is 33.3 Å². The second kappa shape index (κ2) is 7.27. The summed E-state index contributed by atoms with van der Waals surface area (Å²) in [4.78, 5) is 9.28. The molecule has 0 N–H and O–H groups in total. The first-order valence-electron chi connectivity index (χ1n) is 9.55. The van der Waals surface area contributed by atoms with Crippen molar-refractivity contribution in [2.75, 3.05) is 0 Å². The summed E-state index contributed by atoms with van der Waals surface area (Å²) < 4.78 is 2.21. The molecular formula is C21H21N5S. The predicted molar refractivity (Wildman–Crippen MR) is 108 cm³/mol. The molecule has 0 amide bonds. The van der Waals surface area contributed by atoms with Gasteiger partial charge in [0.15, 0.2) is 10.8 Å². The van der Waals surface area contributed by atoms with Gasteiger partial charge in [0.05, 0.1) is 5.52 Å². The van der Waals surface area contributed by atoms with E-state index < -0.39 is 0 Å². The zero-order chi connectivity index (χ0) is 18.1. The molecule has 27 heavy (non-hydrogen) atoms. The van der Waals surface area contributed by atoms with Gasteiger partial charge < -0.3 is 0 Å². The van der Waals surface area contributed by atoms with Crippen LogP contribution in [-0.4, -0.2) is 24.6 Å². The summed E-state index contributed by atoms with van der Waals surface area (Å²) in [6.07, 6.45) is 10.0. The number of para-hydroxylation sites is 1. The molecule has 0 radical (unpaired) electrons. The highest BCUT2D eigenvalue weighted by molar-refractivity contribution is 7.98. The molecule has 0 bridgehead atoms. The van der Waals surface area contributed by atoms with E-state index in [1.165, 1.54) is 37.7 Å². The van der Waals surface area contributed by atoms with E-state index in [9.17, 15) is 0 Å². The molecule has 6 heteroatoms. The molecule has 3 heterocycles. The van der Waals surface area contributed by atoms with Crippen LogP contribution in [0.5, 0.6) is 0 Å². The number of nitrogens with zero attached hydrogens (tertiary/aromatic N) is 5. The average Bonchev–Trinajstić information content (AvgIpc) is 3.17. The third-order valence-electron chi connectivity index (χ3n) is 5.30. The number of hydrogen-bond acceptors (Lipinski definition) is 5. The fourth-order valence-corrected chi connectivity index (χ4v) is 4.82. The fourth-order valence-electron chi connectivity index (χ4n) is 3.94. The van der Waals surface area contributed by atoms with Gasteiger partial charge in [-0.1, -0.05) is 49.2 Å². The monoisotopic (exact) mass is 375 g/mol. The van der Waals surface area contributed by atoms with Crippen LogP contribution >= 0.6 is 11.8 Å². The molecule has 0 atom stereocenters. The van der Waals surface area contributed by atoms with Gasteiger partial charge in [-0.2, -0.15) is 0 Å². The van der Waals surface area contributed by atoms with Crippen LogP contribution in [-0.2, 0) is 5.75 Å². The van der Waals surface area contributed by atoms with Crippen molar-refractivity contribution in [3.8, 4) is 0 Å². The first kappa shape index (κ1) is 16.7. The second-order valence-electron chi connectivity index (χ2n) is 7.11. The Bertz CT molecular complexity index is 1070. The Kier molecular flexibility index (Phi) is 4.49. The van der Waals surface area contributed by atoms with E-state index in [1.54, 1.807) is 18.0 Å². The summed E-state index contributed by atoms with van der Waals surface area (Å²) in [6, 6.07) is 12.3. The summed E-state index contributed by atoms with van der Waals surface area (Å²) in [5, 5.41) is 11.1. The summed E-state index contributed by atoms with van der Waals surface area (Å²) in [5.41, 5.74) is 3.13. The van der Waals surface area contributed by atoms with Crippen LogP contribution in [0.3, 0.4) is 0 Å². The van der Waals surface area contributed by atoms with Crippen molar-refractivity contribution in [3.63, 3.8) is 0 Å². The zero-order valence-electron chi connectivity index (χ0n) is 15.1. The third kappa shape index (κ3) is 3.18. The minimum atomic E-state index is 0.486. The molecule has 0 spiro atoms. The maximum atomic E-state index is 5.07. The summed E-state index contributed by atoms with van der Waals surface area (Å²) in [6.45, 7) is 0. The molecule has 5 nitrogen and oxygen atoms in total. The maximum absolute atomic E-state index is 5.07. The van der Waals surface area contributed by atoms with Gasteiger partial charge in [0.25, 0.3) is 0 Å². The first-order chi connectivity index (χ1) is 13.4. The highest BCUT2D eigenvalue weighted by Gasteiger charge is 2.23. The van der Waals surface area contributed by atoms with Gasteiger partial charge in [0.2, 0.25) is 0 Å². The summed E-state index contributed by atoms with van der Waals surface area (Å²) in [5.74, 6) is 2.44. The molecule has 0 aliphatic heterocycles. The largest absolute Gasteiger partial charge is 0.264 e. The van der Waals surface area contributed by atoms with Gasteiger partial charge in [-0.25, -0.2) is 4.98 Å². The van der Waals surface area contributed by atoms with E-state index in [4.69, 9.17) is 4.98 Å². The van der Waals surface area contributed by atoms with E-state index in [-0.39, 0.29) is 0 Å². The van der Waals surface area contributed by atoms with Crippen LogP contribution in [0.2, 0.25) is 0 Å². The predicted octanol–water partition coefficient (Wildman–Crippen LogP) is 5.01. The van der Waals surface area contributed by atoms with Crippen LogP contribution in [0.15, 0.2) is 53.9 Å². The van der Waals surface area contributed by atoms with Crippen molar-refractivity contribution in [3.05, 3.63) is 60.2 Å². The van der Waals surface area contributed by atoms with E-state index in [1.807, 2.05) is 24.4 Å². The van der Waals surface area contributed by atoms with Gasteiger partial charge in [0.1, 0.15) is 5.82 Å². The Morgan fingerprint density at radius 3 is 2.74 bits per heavy atom. The Labute approximate surface area is 162 Å². The summed E-state index contributed by atoms with van der Waals surface area (Å²) in [7, 11) is 0. The molecule has 1 aromatic carbocycles. The van der Waals surface area contributed by atoms with Crippen molar-refractivity contribution in [1.82, 2.24) is 24.6 Å². The number of aromatic nitrogens is 5. The van der Waals surface area contributed by atoms with Crippen molar-refractivity contribution >= 4 is 28.3 Å². The van der Waals surface area contributed by atoms with Crippen molar-refractivity contribution in [2.24, 2.45) is 0 Å². The average molecular weight is 376 g/mol. The standard InChI is InChI=1S/C21H21N5S/c1-2-8-16(9-3-1)19-23-18-11-5-4-10-17(18)20-24-25-21(26(19)20)27-14-15-7-6-12-22-13-15/h4-7,10-13,16H,1-3,8-9,14H2. The van der Waals surface area contributed by atoms with Gasteiger partial charge in [0, 0.05) is 29.5 Å². The van der Waals surface area contributed by atoms with Gasteiger partial charge in [-0.15, -0.1) is 10.2 Å². The molecule has 4 aromatic rings. The van der Waals surface area contributed by atoms with Crippen LogP contribution in [0.1, 0.15) is 49.4 Å². The smallest absolute Gasteiger partial charge is 0.197 e. The SMILES string of the molecule is c1cncc(CSc2nnc3c4ccccc4nc(C4CCCCC4)n23)c1. The Morgan fingerprint density at radius 2 is 1.89 bits per heavy atom. The van der Waals surface area contributed by atoms with Gasteiger partial charge in [-0.05, 0) is 36.6 Å². The lowest BCUT2D eigenvalue weighted by atomic mass is 9.88. The highest BCUT2D eigenvalue weighted by atomic mass is 32.2. The Morgan fingerprint density at radius 1 is 1.00 bits per heavy atom. The number of hydrogen-bond donors (Lipinski definition) is 0. The molecule has 1 aliphatic carbocycles. The molecule has 1 aliphatic rings. The van der Waals surface area contributed by atoms with Gasteiger partial charge in [-0.3, -0.25) is 9.38 Å². The molecule has 1 saturated carbocycles. The Hall–Kier alpha value is -2.47. The third-order valence-corrected chi connectivity index (χ3v) is 6.30. The molecule has 136 valence electrons. The molecule has 0 saturated heterocycles. The molecule has 0 unspecified atom stereocenters. The van der Waals surface area contributed by atoms with Crippen LogP contribution in [0.25, 0.3) is 16.6 Å². The lowest BCUT2D eigenvalue weighted by Gasteiger charge is -2.22. The normalized spacial score (nSPS) is 15.6. The van der Waals surface area contributed by atoms with E-state index in [0.29, 0.717) is 5.92 Å². The lowest BCUT2D eigenvalue weighted by molar-refractivity contribution is 0.424. The van der Waals surface area contributed by atoms with Crippen molar-refractivity contribution < 1.29 is 0 Å². The Balaban J connectivity index is 1.62. The quantitative estimate of drug-likeness (QED) is 0.469. The number of benzene rings is 1. The topological polar surface area (TPSA) is 56.0 Å².